The lowest BCUT2D eigenvalue weighted by atomic mass is 9.93. The van der Waals surface area contributed by atoms with Crippen LogP contribution in [0.1, 0.15) is 102 Å². The molecule has 0 aromatic heterocycles. The highest BCUT2D eigenvalue weighted by Crippen LogP contribution is 2.34. The van der Waals surface area contributed by atoms with E-state index in [-0.39, 0.29) is 35.9 Å². The fourth-order valence-electron chi connectivity index (χ4n) is 4.69. The lowest BCUT2D eigenvalue weighted by Crippen LogP contribution is -2.39. The second-order valence-electron chi connectivity index (χ2n) is 12.9. The predicted octanol–water partition coefficient (Wildman–Crippen LogP) is 9.86. The Labute approximate surface area is 351 Å². The summed E-state index contributed by atoms with van der Waals surface area (Å²) in [5, 5.41) is 11.2. The van der Waals surface area contributed by atoms with E-state index in [0.29, 0.717) is 31.1 Å². The fourth-order valence-corrected chi connectivity index (χ4v) is 6.25. The summed E-state index contributed by atoms with van der Waals surface area (Å²) in [6.07, 6.45) is 14.1. The molecule has 1 saturated carbocycles. The molecule has 0 spiro atoms. The highest BCUT2D eigenvalue weighted by molar-refractivity contribution is 7.99. The lowest BCUT2D eigenvalue weighted by molar-refractivity contribution is -0.137. The maximum Gasteiger partial charge on any atom is 0.418 e. The molecule has 2 aromatic carbocycles. The van der Waals surface area contributed by atoms with Crippen LogP contribution in [-0.4, -0.2) is 84.2 Å². The van der Waals surface area contributed by atoms with Gasteiger partial charge in [-0.2, -0.15) is 60.2 Å². The standard InChI is InChI=1S/C12H17NOS.C11H12F3NOS.C10H21NOS.C8H15NOS/c1-10(11-6-4-3-5-7-11)13-12(14)8-9-15-2;1-17-7-6-10(16)15-9-5-3-2-4-8(9)11(12,13)14;1-3-4-5-6-8-11-10(12)7-9-13-2;1-11-6-5-8(10)9-7-3-2-4-7/h3-7,10H,8-9H2,1-2H3,(H,13,14);2-5H,6-7H2,1H3,(H,15,16);3-9H2,1-2H3,(H,11,12);7H,2-6H2,1H3,(H,9,10). The SMILES string of the molecule is CCCCCCNC(=O)CCSC.CSCCC(=O)NC(C)c1ccccc1.CSCCC(=O)NC1CCC1.CSCCC(=O)Nc1ccccc1C(F)(F)F. The summed E-state index contributed by atoms with van der Waals surface area (Å²) in [7, 11) is 0. The van der Waals surface area contributed by atoms with E-state index in [0.717, 1.165) is 41.9 Å². The van der Waals surface area contributed by atoms with Crippen LogP contribution in [0.2, 0.25) is 0 Å². The molecule has 318 valence electrons. The van der Waals surface area contributed by atoms with Gasteiger partial charge in [-0.1, -0.05) is 68.7 Å². The minimum Gasteiger partial charge on any atom is -0.356 e. The van der Waals surface area contributed by atoms with E-state index in [9.17, 15) is 32.3 Å². The van der Waals surface area contributed by atoms with Crippen LogP contribution < -0.4 is 21.3 Å². The summed E-state index contributed by atoms with van der Waals surface area (Å²) in [5.41, 5.74) is 0.138. The van der Waals surface area contributed by atoms with Crippen molar-refractivity contribution in [1.82, 2.24) is 16.0 Å². The van der Waals surface area contributed by atoms with Crippen molar-refractivity contribution in [3.05, 3.63) is 65.7 Å². The Bertz CT molecular complexity index is 1340. The maximum atomic E-state index is 12.6. The molecule has 2 aromatic rings. The van der Waals surface area contributed by atoms with Gasteiger partial charge in [-0.05, 0) is 75.3 Å². The first-order valence-electron chi connectivity index (χ1n) is 19.1. The average Bonchev–Trinajstić information content (AvgIpc) is 3.16. The van der Waals surface area contributed by atoms with Crippen molar-refractivity contribution in [3.8, 4) is 0 Å². The third-order valence-electron chi connectivity index (χ3n) is 8.14. The summed E-state index contributed by atoms with van der Waals surface area (Å²) in [5.74, 6) is 3.49. The molecule has 8 nitrogen and oxygen atoms in total. The van der Waals surface area contributed by atoms with Gasteiger partial charge in [-0.15, -0.1) is 0 Å². The van der Waals surface area contributed by atoms with Crippen molar-refractivity contribution in [2.24, 2.45) is 0 Å². The molecule has 1 aliphatic carbocycles. The first kappa shape index (κ1) is 53.5. The highest BCUT2D eigenvalue weighted by Gasteiger charge is 2.33. The molecule has 1 fully saturated rings. The molecular weight excluding hydrogens is 798 g/mol. The largest absolute Gasteiger partial charge is 0.418 e. The third kappa shape index (κ3) is 28.8. The smallest absolute Gasteiger partial charge is 0.356 e. The van der Waals surface area contributed by atoms with Crippen molar-refractivity contribution in [2.75, 3.05) is 59.9 Å². The van der Waals surface area contributed by atoms with Gasteiger partial charge >= 0.3 is 6.18 Å². The van der Waals surface area contributed by atoms with Crippen LogP contribution >= 0.6 is 47.0 Å². The number of thioether (sulfide) groups is 4. The van der Waals surface area contributed by atoms with E-state index in [1.54, 1.807) is 35.3 Å². The maximum absolute atomic E-state index is 12.6. The molecular formula is C41H65F3N4O4S4. The van der Waals surface area contributed by atoms with Crippen LogP contribution in [0, 0.1) is 0 Å². The van der Waals surface area contributed by atoms with Crippen LogP contribution in [0.25, 0.3) is 0 Å². The van der Waals surface area contributed by atoms with Crippen LogP contribution in [-0.2, 0) is 25.4 Å². The van der Waals surface area contributed by atoms with E-state index < -0.39 is 17.6 Å². The number of hydrogen-bond acceptors (Lipinski definition) is 8. The molecule has 1 unspecified atom stereocenters. The minimum atomic E-state index is -4.45. The van der Waals surface area contributed by atoms with Gasteiger partial charge in [0.05, 0.1) is 17.3 Å². The quantitative estimate of drug-likeness (QED) is 0.0918. The van der Waals surface area contributed by atoms with Crippen molar-refractivity contribution >= 4 is 76.4 Å². The second-order valence-corrected chi connectivity index (χ2v) is 16.8. The number of anilines is 1. The zero-order valence-electron chi connectivity index (χ0n) is 34.1. The minimum absolute atomic E-state index is 0.0977. The number of rotatable bonds is 21. The molecule has 0 heterocycles. The highest BCUT2D eigenvalue weighted by atomic mass is 32.2. The van der Waals surface area contributed by atoms with Gasteiger partial charge in [0, 0.05) is 61.3 Å². The average molecular weight is 863 g/mol. The summed E-state index contributed by atoms with van der Waals surface area (Å²) in [6, 6.07) is 15.6. The van der Waals surface area contributed by atoms with Crippen LogP contribution in [0.4, 0.5) is 18.9 Å². The number of amides is 4. The van der Waals surface area contributed by atoms with E-state index in [1.807, 2.05) is 62.3 Å². The third-order valence-corrected chi connectivity index (χ3v) is 10.6. The first-order valence-corrected chi connectivity index (χ1v) is 24.7. The lowest BCUT2D eigenvalue weighted by Gasteiger charge is -2.26. The summed E-state index contributed by atoms with van der Waals surface area (Å²) in [6.45, 7) is 5.05. The van der Waals surface area contributed by atoms with Gasteiger partial charge in [-0.3, -0.25) is 19.2 Å². The van der Waals surface area contributed by atoms with Crippen LogP contribution in [0.5, 0.6) is 0 Å². The zero-order chi connectivity index (χ0) is 42.0. The molecule has 3 rings (SSSR count). The van der Waals surface area contributed by atoms with E-state index in [2.05, 4.69) is 28.2 Å². The second kappa shape index (κ2) is 34.5. The monoisotopic (exact) mass is 862 g/mol. The topological polar surface area (TPSA) is 116 Å². The number of alkyl halides is 3. The van der Waals surface area contributed by atoms with Crippen molar-refractivity contribution in [1.29, 1.82) is 0 Å². The number of carbonyl (C=O) groups excluding carboxylic acids is 4. The molecule has 0 bridgehead atoms. The van der Waals surface area contributed by atoms with Gasteiger partial charge in [-0.25, -0.2) is 0 Å². The molecule has 4 amide bonds. The summed E-state index contributed by atoms with van der Waals surface area (Å²) in [4.78, 5) is 45.0. The normalized spacial score (nSPS) is 12.4. The van der Waals surface area contributed by atoms with Gasteiger partial charge in [0.15, 0.2) is 0 Å². The Kier molecular flexibility index (Phi) is 33.0. The van der Waals surface area contributed by atoms with Gasteiger partial charge < -0.3 is 21.3 Å². The van der Waals surface area contributed by atoms with Gasteiger partial charge in [0.1, 0.15) is 0 Å². The number of para-hydroxylation sites is 1. The Hall–Kier alpha value is -2.49. The number of carbonyl (C=O) groups is 4. The zero-order valence-corrected chi connectivity index (χ0v) is 37.3. The van der Waals surface area contributed by atoms with E-state index in [1.165, 1.54) is 68.5 Å². The van der Waals surface area contributed by atoms with E-state index >= 15 is 0 Å². The number of halogens is 3. The van der Waals surface area contributed by atoms with Crippen LogP contribution in [0.3, 0.4) is 0 Å². The Morgan fingerprint density at radius 2 is 1.21 bits per heavy atom. The molecule has 56 heavy (non-hydrogen) atoms. The van der Waals surface area contributed by atoms with Gasteiger partial charge in [0.25, 0.3) is 0 Å². The van der Waals surface area contributed by atoms with Crippen molar-refractivity contribution in [3.63, 3.8) is 0 Å². The van der Waals surface area contributed by atoms with Crippen molar-refractivity contribution < 1.29 is 32.3 Å². The number of hydrogen-bond donors (Lipinski definition) is 4. The van der Waals surface area contributed by atoms with E-state index in [4.69, 9.17) is 0 Å². The number of nitrogens with one attached hydrogen (secondary N) is 4. The number of benzene rings is 2. The van der Waals surface area contributed by atoms with Gasteiger partial charge in [0.2, 0.25) is 23.6 Å². The Morgan fingerprint density at radius 1 is 0.696 bits per heavy atom. The Balaban J connectivity index is 0.000000729. The fraction of sp³-hybridized carbons (Fsp3) is 0.610. The molecule has 1 atom stereocenters. The Morgan fingerprint density at radius 3 is 1.73 bits per heavy atom. The molecule has 4 N–H and O–H groups in total. The molecule has 0 saturated heterocycles. The molecule has 15 heteroatoms. The molecule has 0 aliphatic heterocycles. The molecule has 0 radical (unpaired) electrons. The predicted molar refractivity (Wildman–Crippen MR) is 238 cm³/mol. The summed E-state index contributed by atoms with van der Waals surface area (Å²) < 4.78 is 37.8. The van der Waals surface area contributed by atoms with Crippen LogP contribution in [0.15, 0.2) is 54.6 Å². The first-order chi connectivity index (χ1) is 26.8. The number of unbranched alkanes of at least 4 members (excludes halogenated alkanes) is 3. The summed E-state index contributed by atoms with van der Waals surface area (Å²) >= 11 is 6.60. The van der Waals surface area contributed by atoms with Crippen molar-refractivity contribution in [2.45, 2.75) is 103 Å². The molecule has 1 aliphatic rings.